The van der Waals surface area contributed by atoms with E-state index in [9.17, 15) is 25.5 Å². The lowest BCUT2D eigenvalue weighted by Crippen LogP contribution is -2.12. The molecule has 0 atom stereocenters. The maximum Gasteiger partial charge on any atom is 0.274 e. The smallest absolute Gasteiger partial charge is 0.274 e. The summed E-state index contributed by atoms with van der Waals surface area (Å²) in [5, 5.41) is 31.2. The van der Waals surface area contributed by atoms with E-state index < -0.39 is 9.85 Å². The van der Waals surface area contributed by atoms with Crippen LogP contribution >= 0.6 is 0 Å². The van der Waals surface area contributed by atoms with Gasteiger partial charge in [-0.1, -0.05) is 18.2 Å². The van der Waals surface area contributed by atoms with Gasteiger partial charge in [-0.2, -0.15) is 5.26 Å². The molecule has 0 N–H and O–H groups in total. The second kappa shape index (κ2) is 7.97. The Labute approximate surface area is 160 Å². The van der Waals surface area contributed by atoms with Crippen LogP contribution in [0.5, 0.6) is 0 Å². The molecule has 0 spiro atoms. The number of rotatable bonds is 5. The van der Waals surface area contributed by atoms with Gasteiger partial charge >= 0.3 is 0 Å². The van der Waals surface area contributed by atoms with E-state index in [1.54, 1.807) is 53.7 Å². The van der Waals surface area contributed by atoms with E-state index in [0.29, 0.717) is 17.7 Å². The highest BCUT2D eigenvalue weighted by Crippen LogP contribution is 2.24. The molecule has 0 aliphatic carbocycles. The monoisotopic (exact) mass is 374 g/mol. The molecule has 1 aliphatic rings. The van der Waals surface area contributed by atoms with Gasteiger partial charge in [-0.15, -0.1) is 0 Å². The van der Waals surface area contributed by atoms with Crippen molar-refractivity contribution >= 4 is 17.5 Å². The maximum absolute atomic E-state index is 11.1. The van der Waals surface area contributed by atoms with Crippen molar-refractivity contribution < 1.29 is 9.85 Å². The molecule has 138 valence electrons. The SMILES string of the molecule is N#Cc1cc([N+](=O)[O-])ccc1C=C1C=CN(Cc2ccccc2[N+](=O)[O-])C=C1. The Morgan fingerprint density at radius 1 is 1.04 bits per heavy atom. The molecule has 0 unspecified atom stereocenters. The first-order valence-corrected chi connectivity index (χ1v) is 8.22. The van der Waals surface area contributed by atoms with E-state index in [1.807, 2.05) is 6.07 Å². The van der Waals surface area contributed by atoms with Crippen molar-refractivity contribution in [3.8, 4) is 6.07 Å². The molecule has 0 radical (unpaired) electrons. The molecule has 0 bridgehead atoms. The van der Waals surface area contributed by atoms with E-state index in [0.717, 1.165) is 5.57 Å². The predicted molar refractivity (Wildman–Crippen MR) is 103 cm³/mol. The molecule has 2 aromatic rings. The molecular weight excluding hydrogens is 360 g/mol. The number of nitro groups is 2. The van der Waals surface area contributed by atoms with Crippen molar-refractivity contribution in [2.24, 2.45) is 0 Å². The zero-order valence-electron chi connectivity index (χ0n) is 14.6. The number of nitro benzene ring substituents is 2. The largest absolute Gasteiger partial charge is 0.350 e. The zero-order valence-corrected chi connectivity index (χ0v) is 14.6. The van der Waals surface area contributed by atoms with Crippen LogP contribution in [0.25, 0.3) is 6.08 Å². The van der Waals surface area contributed by atoms with Crippen LogP contribution in [-0.4, -0.2) is 14.7 Å². The van der Waals surface area contributed by atoms with E-state index in [2.05, 4.69) is 0 Å². The van der Waals surface area contributed by atoms with Gasteiger partial charge < -0.3 is 4.90 Å². The Kier molecular flexibility index (Phi) is 5.28. The highest BCUT2D eigenvalue weighted by atomic mass is 16.6. The molecule has 2 aromatic carbocycles. The lowest BCUT2D eigenvalue weighted by atomic mass is 10.0. The molecule has 1 aliphatic heterocycles. The summed E-state index contributed by atoms with van der Waals surface area (Å²) in [6.45, 7) is 0.346. The third kappa shape index (κ3) is 4.11. The Balaban J connectivity index is 1.78. The lowest BCUT2D eigenvalue weighted by molar-refractivity contribution is -0.385. The van der Waals surface area contributed by atoms with Crippen LogP contribution in [0.2, 0.25) is 0 Å². The molecule has 8 heteroatoms. The average molecular weight is 374 g/mol. The van der Waals surface area contributed by atoms with Crippen molar-refractivity contribution in [2.75, 3.05) is 0 Å². The van der Waals surface area contributed by atoms with E-state index in [1.165, 1.54) is 24.3 Å². The Morgan fingerprint density at radius 2 is 1.75 bits per heavy atom. The van der Waals surface area contributed by atoms with Gasteiger partial charge in [0, 0.05) is 36.2 Å². The fraction of sp³-hybridized carbons (Fsp3) is 0.0500. The number of nitriles is 1. The fourth-order valence-corrected chi connectivity index (χ4v) is 2.75. The van der Waals surface area contributed by atoms with Gasteiger partial charge in [-0.3, -0.25) is 20.2 Å². The van der Waals surface area contributed by atoms with Gasteiger partial charge in [0.1, 0.15) is 6.07 Å². The first-order valence-electron chi connectivity index (χ1n) is 8.22. The number of para-hydroxylation sites is 1. The number of non-ortho nitro benzene ring substituents is 1. The molecule has 3 rings (SSSR count). The molecule has 28 heavy (non-hydrogen) atoms. The first-order chi connectivity index (χ1) is 13.5. The van der Waals surface area contributed by atoms with Crippen molar-refractivity contribution in [1.29, 1.82) is 5.26 Å². The summed E-state index contributed by atoms with van der Waals surface area (Å²) >= 11 is 0. The van der Waals surface area contributed by atoms with Gasteiger partial charge in [0.15, 0.2) is 0 Å². The van der Waals surface area contributed by atoms with Crippen LogP contribution in [0.4, 0.5) is 11.4 Å². The molecular formula is C20H14N4O4. The summed E-state index contributed by atoms with van der Waals surface area (Å²) in [5.41, 5.74) is 2.11. The molecule has 0 fully saturated rings. The summed E-state index contributed by atoms with van der Waals surface area (Å²) in [6, 6.07) is 12.6. The normalized spacial score (nSPS) is 12.5. The van der Waals surface area contributed by atoms with Gasteiger partial charge in [0.2, 0.25) is 0 Å². The average Bonchev–Trinajstić information content (AvgIpc) is 2.70. The van der Waals surface area contributed by atoms with Crippen molar-refractivity contribution in [3.05, 3.63) is 110 Å². The van der Waals surface area contributed by atoms with Crippen LogP contribution in [0.15, 0.2) is 72.6 Å². The summed E-state index contributed by atoms with van der Waals surface area (Å²) < 4.78 is 0. The number of benzene rings is 2. The molecule has 0 saturated carbocycles. The molecule has 0 saturated heterocycles. The van der Waals surface area contributed by atoms with Crippen molar-refractivity contribution in [3.63, 3.8) is 0 Å². The minimum absolute atomic E-state index is 0.0650. The number of hydrogen-bond acceptors (Lipinski definition) is 6. The van der Waals surface area contributed by atoms with Gasteiger partial charge in [-0.05, 0) is 35.4 Å². The highest BCUT2D eigenvalue weighted by molar-refractivity contribution is 5.66. The third-order valence-corrected chi connectivity index (χ3v) is 4.15. The molecule has 8 nitrogen and oxygen atoms in total. The quantitative estimate of drug-likeness (QED) is 0.569. The Bertz CT molecular complexity index is 1060. The van der Waals surface area contributed by atoms with E-state index in [-0.39, 0.29) is 16.9 Å². The fourth-order valence-electron chi connectivity index (χ4n) is 2.75. The second-order valence-electron chi connectivity index (χ2n) is 5.97. The van der Waals surface area contributed by atoms with E-state index in [4.69, 9.17) is 0 Å². The minimum atomic E-state index is -0.543. The van der Waals surface area contributed by atoms with Crippen LogP contribution in [0.1, 0.15) is 16.7 Å². The minimum Gasteiger partial charge on any atom is -0.350 e. The Morgan fingerprint density at radius 3 is 2.39 bits per heavy atom. The number of nitrogens with zero attached hydrogens (tertiary/aromatic N) is 4. The summed E-state index contributed by atoms with van der Waals surface area (Å²) in [5.74, 6) is 0. The summed E-state index contributed by atoms with van der Waals surface area (Å²) in [6.07, 6.45) is 8.91. The standard InChI is InChI=1S/C20H14N4O4/c21-13-18-12-19(23(25)26)6-5-16(18)11-15-7-9-22(10-8-15)14-17-3-1-2-4-20(17)24(27)28/h1-12H,14H2. The van der Waals surface area contributed by atoms with Gasteiger partial charge in [0.05, 0.1) is 22.0 Å². The predicted octanol–water partition coefficient (Wildman–Crippen LogP) is 4.30. The summed E-state index contributed by atoms with van der Waals surface area (Å²) in [7, 11) is 0. The number of allylic oxidation sites excluding steroid dienone is 3. The first kappa shape index (κ1) is 18.5. The lowest BCUT2D eigenvalue weighted by Gasteiger charge is -2.19. The van der Waals surface area contributed by atoms with Gasteiger partial charge in [-0.25, -0.2) is 0 Å². The van der Waals surface area contributed by atoms with Crippen LogP contribution in [0, 0.1) is 31.6 Å². The van der Waals surface area contributed by atoms with Crippen molar-refractivity contribution in [1.82, 2.24) is 4.90 Å². The Hall–Kier alpha value is -4.25. The summed E-state index contributed by atoms with van der Waals surface area (Å²) in [4.78, 5) is 22.8. The molecule has 1 heterocycles. The van der Waals surface area contributed by atoms with E-state index >= 15 is 0 Å². The van der Waals surface area contributed by atoms with Crippen LogP contribution < -0.4 is 0 Å². The zero-order chi connectivity index (χ0) is 20.1. The third-order valence-electron chi connectivity index (χ3n) is 4.15. The van der Waals surface area contributed by atoms with Gasteiger partial charge in [0.25, 0.3) is 11.4 Å². The molecule has 0 amide bonds. The van der Waals surface area contributed by atoms with Crippen molar-refractivity contribution in [2.45, 2.75) is 6.54 Å². The van der Waals surface area contributed by atoms with Crippen LogP contribution in [-0.2, 0) is 6.54 Å². The second-order valence-corrected chi connectivity index (χ2v) is 5.97. The number of hydrogen-bond donors (Lipinski definition) is 0. The molecule has 0 aromatic heterocycles. The maximum atomic E-state index is 11.1. The topological polar surface area (TPSA) is 113 Å². The van der Waals surface area contributed by atoms with Crippen LogP contribution in [0.3, 0.4) is 0 Å². The highest BCUT2D eigenvalue weighted by Gasteiger charge is 2.14.